The standard InChI is InChI=1S/C11H13IN2O5/c1-2-11-4-18-6(7(11)15)9(19-11)14-3-5(12)8(16)13-10(14)17/h3,6-7,9,15H,2,4H2,1H3,(H,13,16,17)/t6?,7-,9-,11+/m1/s1. The fourth-order valence-corrected chi connectivity index (χ4v) is 3.06. The van der Waals surface area contributed by atoms with Crippen LogP contribution < -0.4 is 11.2 Å². The van der Waals surface area contributed by atoms with E-state index >= 15 is 0 Å². The smallest absolute Gasteiger partial charge is 0.330 e. The van der Waals surface area contributed by atoms with E-state index in [0.29, 0.717) is 16.6 Å². The molecule has 4 atom stereocenters. The molecule has 2 bridgehead atoms. The van der Waals surface area contributed by atoms with E-state index in [1.54, 1.807) is 0 Å². The molecular formula is C11H13IN2O5. The number of ether oxygens (including phenoxy) is 2. The van der Waals surface area contributed by atoms with Crippen LogP contribution in [0.1, 0.15) is 19.6 Å². The Bertz CT molecular complexity index is 626. The second kappa shape index (κ2) is 4.40. The Hall–Kier alpha value is -0.710. The van der Waals surface area contributed by atoms with Gasteiger partial charge in [0, 0.05) is 6.20 Å². The summed E-state index contributed by atoms with van der Waals surface area (Å²) in [5.74, 6) is 0. The lowest BCUT2D eigenvalue weighted by Gasteiger charge is -2.30. The zero-order valence-corrected chi connectivity index (χ0v) is 12.3. The summed E-state index contributed by atoms with van der Waals surface area (Å²) in [5, 5.41) is 10.2. The van der Waals surface area contributed by atoms with Crippen molar-refractivity contribution in [1.82, 2.24) is 9.55 Å². The molecule has 1 aromatic heterocycles. The first-order valence-corrected chi connectivity index (χ1v) is 7.05. The van der Waals surface area contributed by atoms with Gasteiger partial charge < -0.3 is 14.6 Å². The van der Waals surface area contributed by atoms with Crippen LogP contribution in [0.2, 0.25) is 0 Å². The molecule has 2 saturated heterocycles. The number of rotatable bonds is 2. The monoisotopic (exact) mass is 380 g/mol. The van der Waals surface area contributed by atoms with Gasteiger partial charge in [0.15, 0.2) is 6.23 Å². The van der Waals surface area contributed by atoms with Gasteiger partial charge in [-0.15, -0.1) is 0 Å². The minimum Gasteiger partial charge on any atom is -0.387 e. The third-order valence-corrected chi connectivity index (χ3v) is 4.57. The van der Waals surface area contributed by atoms with Gasteiger partial charge >= 0.3 is 5.69 Å². The van der Waals surface area contributed by atoms with E-state index in [4.69, 9.17) is 9.47 Å². The number of nitrogens with one attached hydrogen (secondary N) is 1. The molecule has 1 aromatic rings. The Kier molecular flexibility index (Phi) is 3.08. The predicted octanol–water partition coefficient (Wildman–Crippen LogP) is -0.422. The highest BCUT2D eigenvalue weighted by atomic mass is 127. The molecule has 0 spiro atoms. The summed E-state index contributed by atoms with van der Waals surface area (Å²) >= 11 is 1.84. The Morgan fingerprint density at radius 3 is 3.00 bits per heavy atom. The molecule has 19 heavy (non-hydrogen) atoms. The quantitative estimate of drug-likeness (QED) is 0.680. The molecule has 0 aliphatic carbocycles. The van der Waals surface area contributed by atoms with Gasteiger partial charge in [0.2, 0.25) is 0 Å². The number of fused-ring (bicyclic) bond motifs is 2. The first-order valence-electron chi connectivity index (χ1n) is 5.97. The molecular weight excluding hydrogens is 367 g/mol. The molecule has 0 amide bonds. The molecule has 2 aliphatic rings. The third kappa shape index (κ3) is 1.81. The molecule has 3 rings (SSSR count). The average Bonchev–Trinajstić information content (AvgIpc) is 2.85. The lowest BCUT2D eigenvalue weighted by Crippen LogP contribution is -2.41. The largest absolute Gasteiger partial charge is 0.387 e. The van der Waals surface area contributed by atoms with E-state index < -0.39 is 35.3 Å². The highest BCUT2D eigenvalue weighted by Crippen LogP contribution is 2.46. The normalized spacial score (nSPS) is 36.9. The van der Waals surface area contributed by atoms with Gasteiger partial charge in [0.05, 0.1) is 10.2 Å². The van der Waals surface area contributed by atoms with E-state index in [1.807, 2.05) is 29.5 Å². The van der Waals surface area contributed by atoms with Gasteiger partial charge in [-0.3, -0.25) is 14.3 Å². The van der Waals surface area contributed by atoms with Crippen LogP contribution in [-0.4, -0.2) is 39.1 Å². The number of aromatic amines is 1. The van der Waals surface area contributed by atoms with Gasteiger partial charge in [-0.1, -0.05) is 6.92 Å². The number of aromatic nitrogens is 2. The van der Waals surface area contributed by atoms with Gasteiger partial charge in [0.25, 0.3) is 5.56 Å². The van der Waals surface area contributed by atoms with Crippen LogP contribution in [0.3, 0.4) is 0 Å². The van der Waals surface area contributed by atoms with Crippen molar-refractivity contribution in [2.75, 3.05) is 6.61 Å². The highest BCUT2D eigenvalue weighted by molar-refractivity contribution is 14.1. The van der Waals surface area contributed by atoms with E-state index in [0.717, 1.165) is 0 Å². The minimum absolute atomic E-state index is 0.320. The van der Waals surface area contributed by atoms with Crippen molar-refractivity contribution in [2.45, 2.75) is 37.4 Å². The summed E-state index contributed by atoms with van der Waals surface area (Å²) in [6.07, 6.45) is -0.0389. The minimum atomic E-state index is -0.765. The first kappa shape index (κ1) is 13.3. The van der Waals surface area contributed by atoms with Crippen LogP contribution in [0.25, 0.3) is 0 Å². The van der Waals surface area contributed by atoms with Crippen LogP contribution in [0, 0.1) is 3.57 Å². The van der Waals surface area contributed by atoms with Crippen molar-refractivity contribution in [3.8, 4) is 0 Å². The van der Waals surface area contributed by atoms with Crippen molar-refractivity contribution >= 4 is 22.6 Å². The number of H-pyrrole nitrogens is 1. The molecule has 1 unspecified atom stereocenters. The Morgan fingerprint density at radius 1 is 1.63 bits per heavy atom. The molecule has 0 aromatic carbocycles. The number of aliphatic hydroxyl groups excluding tert-OH is 1. The van der Waals surface area contributed by atoms with Crippen LogP contribution >= 0.6 is 22.6 Å². The maximum absolute atomic E-state index is 11.8. The second-order valence-corrected chi connectivity index (χ2v) is 5.95. The van der Waals surface area contributed by atoms with Crippen LogP contribution in [0.4, 0.5) is 0 Å². The summed E-state index contributed by atoms with van der Waals surface area (Å²) in [4.78, 5) is 25.4. The molecule has 2 N–H and O–H groups in total. The molecule has 3 heterocycles. The van der Waals surface area contributed by atoms with Gasteiger partial charge in [-0.25, -0.2) is 4.79 Å². The molecule has 104 valence electrons. The molecule has 2 fully saturated rings. The van der Waals surface area contributed by atoms with E-state index in [9.17, 15) is 14.7 Å². The number of hydrogen-bond donors (Lipinski definition) is 2. The highest BCUT2D eigenvalue weighted by Gasteiger charge is 2.60. The zero-order valence-electron chi connectivity index (χ0n) is 10.1. The van der Waals surface area contributed by atoms with Crippen LogP contribution in [0.5, 0.6) is 0 Å². The summed E-state index contributed by atoms with van der Waals surface area (Å²) in [6.45, 7) is 2.22. The first-order chi connectivity index (χ1) is 8.98. The number of nitrogens with zero attached hydrogens (tertiary/aromatic N) is 1. The van der Waals surface area contributed by atoms with E-state index in [1.165, 1.54) is 10.8 Å². The third-order valence-electron chi connectivity index (χ3n) is 3.80. The fourth-order valence-electron chi connectivity index (χ4n) is 2.62. The lowest BCUT2D eigenvalue weighted by atomic mass is 9.96. The lowest BCUT2D eigenvalue weighted by molar-refractivity contribution is -0.175. The average molecular weight is 380 g/mol. The van der Waals surface area contributed by atoms with Gasteiger partial charge in [0.1, 0.15) is 17.8 Å². The summed E-state index contributed by atoms with van der Waals surface area (Å²) in [5.41, 5.74) is -1.75. The summed E-state index contributed by atoms with van der Waals surface area (Å²) in [7, 11) is 0. The fraction of sp³-hybridized carbons (Fsp3) is 0.636. The van der Waals surface area contributed by atoms with E-state index in [-0.39, 0.29) is 0 Å². The van der Waals surface area contributed by atoms with Crippen molar-refractivity contribution in [2.24, 2.45) is 0 Å². The predicted molar refractivity (Wildman–Crippen MR) is 72.9 cm³/mol. The maximum atomic E-state index is 11.8. The van der Waals surface area contributed by atoms with Gasteiger partial charge in [-0.05, 0) is 29.0 Å². The molecule has 2 aliphatic heterocycles. The molecule has 0 saturated carbocycles. The molecule has 0 radical (unpaired) electrons. The second-order valence-electron chi connectivity index (χ2n) is 4.79. The van der Waals surface area contributed by atoms with Crippen LogP contribution in [-0.2, 0) is 9.47 Å². The number of halogens is 1. The van der Waals surface area contributed by atoms with Crippen molar-refractivity contribution in [1.29, 1.82) is 0 Å². The van der Waals surface area contributed by atoms with Crippen molar-refractivity contribution in [3.63, 3.8) is 0 Å². The Labute approximate surface area is 121 Å². The summed E-state index contributed by atoms with van der Waals surface area (Å²) < 4.78 is 13.0. The zero-order chi connectivity index (χ0) is 13.8. The number of hydrogen-bond acceptors (Lipinski definition) is 5. The Balaban J connectivity index is 2.04. The van der Waals surface area contributed by atoms with E-state index in [2.05, 4.69) is 4.98 Å². The Morgan fingerprint density at radius 2 is 2.37 bits per heavy atom. The van der Waals surface area contributed by atoms with Crippen molar-refractivity contribution in [3.05, 3.63) is 30.6 Å². The molecule has 7 nitrogen and oxygen atoms in total. The van der Waals surface area contributed by atoms with Gasteiger partial charge in [-0.2, -0.15) is 0 Å². The SMILES string of the molecule is CC[C@@]12COC([C@H](n3cc(I)c(=O)[nH]c3=O)O1)[C@H]2O. The van der Waals surface area contributed by atoms with Crippen LogP contribution in [0.15, 0.2) is 15.8 Å². The summed E-state index contributed by atoms with van der Waals surface area (Å²) in [6, 6.07) is 0. The van der Waals surface area contributed by atoms with Crippen molar-refractivity contribution < 1.29 is 14.6 Å². The number of aliphatic hydroxyl groups is 1. The topological polar surface area (TPSA) is 93.6 Å². The molecule has 8 heteroatoms. The maximum Gasteiger partial charge on any atom is 0.330 e.